The molecule has 0 bridgehead atoms. The van der Waals surface area contributed by atoms with E-state index in [1.165, 1.54) is 12.1 Å². The molecule has 1 aromatic heterocycles. The van der Waals surface area contributed by atoms with Crippen molar-refractivity contribution in [3.05, 3.63) is 71.1 Å². The second-order valence-corrected chi connectivity index (χ2v) is 8.94. The Hall–Kier alpha value is -2.98. The number of benzene rings is 2. The fourth-order valence-corrected chi connectivity index (χ4v) is 4.82. The Morgan fingerprint density at radius 1 is 1.21 bits per heavy atom. The number of carbonyl (C=O) groups is 1. The SMILES string of the molecule is Cc1oc(-c2ccc(C(F)(F)F)cc2)nc1CCOc1ccc(CN2CSCC2C(=O)O)cc1. The number of ether oxygens (including phenoxy) is 1. The first-order valence-corrected chi connectivity index (χ1v) is 11.8. The molecule has 2 heterocycles. The zero-order valence-electron chi connectivity index (χ0n) is 18.3. The summed E-state index contributed by atoms with van der Waals surface area (Å²) >= 11 is 1.61. The molecule has 10 heteroatoms. The quantitative estimate of drug-likeness (QED) is 0.460. The van der Waals surface area contributed by atoms with Gasteiger partial charge < -0.3 is 14.3 Å². The van der Waals surface area contributed by atoms with E-state index in [2.05, 4.69) is 4.98 Å². The Kier molecular flexibility index (Phi) is 7.18. The van der Waals surface area contributed by atoms with Gasteiger partial charge in [-0.3, -0.25) is 9.69 Å². The van der Waals surface area contributed by atoms with Crippen LogP contribution in [0.2, 0.25) is 0 Å². The molecule has 1 aliphatic heterocycles. The summed E-state index contributed by atoms with van der Waals surface area (Å²) in [6.45, 7) is 2.67. The largest absolute Gasteiger partial charge is 0.493 e. The summed E-state index contributed by atoms with van der Waals surface area (Å²) in [6, 6.07) is 11.8. The van der Waals surface area contributed by atoms with Gasteiger partial charge in [-0.1, -0.05) is 12.1 Å². The van der Waals surface area contributed by atoms with E-state index in [0.29, 0.717) is 54.0 Å². The highest BCUT2D eigenvalue weighted by atomic mass is 32.2. The Morgan fingerprint density at radius 2 is 1.91 bits per heavy atom. The molecule has 1 fully saturated rings. The van der Waals surface area contributed by atoms with Crippen LogP contribution in [-0.2, 0) is 23.9 Å². The summed E-state index contributed by atoms with van der Waals surface area (Å²) in [6.07, 6.45) is -3.91. The number of nitrogens with zero attached hydrogens (tertiary/aromatic N) is 2. The zero-order chi connectivity index (χ0) is 24.3. The molecule has 0 amide bonds. The first-order valence-electron chi connectivity index (χ1n) is 10.6. The fraction of sp³-hybridized carbons (Fsp3) is 0.333. The molecule has 3 aromatic rings. The van der Waals surface area contributed by atoms with Gasteiger partial charge in [0.1, 0.15) is 17.6 Å². The third kappa shape index (κ3) is 5.74. The maximum absolute atomic E-state index is 12.7. The van der Waals surface area contributed by atoms with Crippen LogP contribution < -0.4 is 4.74 Å². The van der Waals surface area contributed by atoms with Crippen LogP contribution >= 0.6 is 11.8 Å². The molecule has 0 spiro atoms. The number of halogens is 3. The van der Waals surface area contributed by atoms with Gasteiger partial charge in [-0.25, -0.2) is 4.98 Å². The summed E-state index contributed by atoms with van der Waals surface area (Å²) < 4.78 is 49.7. The van der Waals surface area contributed by atoms with Crippen LogP contribution in [0.15, 0.2) is 52.9 Å². The lowest BCUT2D eigenvalue weighted by molar-refractivity contribution is -0.142. The van der Waals surface area contributed by atoms with Crippen molar-refractivity contribution in [1.82, 2.24) is 9.88 Å². The maximum Gasteiger partial charge on any atom is 0.416 e. The molecule has 180 valence electrons. The van der Waals surface area contributed by atoms with Crippen molar-refractivity contribution < 1.29 is 32.2 Å². The number of hydrogen-bond acceptors (Lipinski definition) is 6. The topological polar surface area (TPSA) is 75.8 Å². The van der Waals surface area contributed by atoms with Crippen LogP contribution in [0.5, 0.6) is 5.75 Å². The minimum atomic E-state index is -4.39. The summed E-state index contributed by atoms with van der Waals surface area (Å²) in [5.41, 5.74) is 1.44. The molecule has 0 saturated carbocycles. The van der Waals surface area contributed by atoms with Crippen LogP contribution in [0.4, 0.5) is 13.2 Å². The molecule has 1 aliphatic rings. The highest BCUT2D eigenvalue weighted by Crippen LogP contribution is 2.31. The lowest BCUT2D eigenvalue weighted by atomic mass is 10.1. The van der Waals surface area contributed by atoms with E-state index < -0.39 is 23.8 Å². The summed E-state index contributed by atoms with van der Waals surface area (Å²) in [7, 11) is 0. The Bertz CT molecular complexity index is 1130. The van der Waals surface area contributed by atoms with Gasteiger partial charge in [0.15, 0.2) is 0 Å². The number of carboxylic acids is 1. The van der Waals surface area contributed by atoms with E-state index in [1.54, 1.807) is 18.7 Å². The van der Waals surface area contributed by atoms with Crippen molar-refractivity contribution in [3.63, 3.8) is 0 Å². The second kappa shape index (κ2) is 10.1. The first-order chi connectivity index (χ1) is 16.2. The molecule has 1 unspecified atom stereocenters. The van der Waals surface area contributed by atoms with Crippen molar-refractivity contribution in [3.8, 4) is 17.2 Å². The third-order valence-corrected chi connectivity index (χ3v) is 6.59. The number of oxazole rings is 1. The van der Waals surface area contributed by atoms with E-state index in [1.807, 2.05) is 29.2 Å². The Labute approximate surface area is 198 Å². The van der Waals surface area contributed by atoms with Gasteiger partial charge in [-0.05, 0) is 48.9 Å². The smallest absolute Gasteiger partial charge is 0.416 e. The Morgan fingerprint density at radius 3 is 2.56 bits per heavy atom. The van der Waals surface area contributed by atoms with Gasteiger partial charge in [0, 0.05) is 30.2 Å². The van der Waals surface area contributed by atoms with Gasteiger partial charge in [0.25, 0.3) is 0 Å². The lowest BCUT2D eigenvalue weighted by Crippen LogP contribution is -2.37. The monoisotopic (exact) mass is 492 g/mol. The number of thioether (sulfide) groups is 1. The van der Waals surface area contributed by atoms with Gasteiger partial charge in [0.2, 0.25) is 5.89 Å². The highest BCUT2D eigenvalue weighted by molar-refractivity contribution is 7.99. The molecule has 1 N–H and O–H groups in total. The molecule has 1 saturated heterocycles. The van der Waals surface area contributed by atoms with Crippen LogP contribution in [0.25, 0.3) is 11.5 Å². The molecule has 0 radical (unpaired) electrons. The maximum atomic E-state index is 12.7. The van der Waals surface area contributed by atoms with Crippen LogP contribution in [0, 0.1) is 6.92 Å². The van der Waals surface area contributed by atoms with Crippen molar-refractivity contribution in [2.75, 3.05) is 18.2 Å². The van der Waals surface area contributed by atoms with Crippen LogP contribution in [0.3, 0.4) is 0 Å². The normalized spacial score (nSPS) is 16.6. The summed E-state index contributed by atoms with van der Waals surface area (Å²) in [5, 5.41) is 9.30. The van der Waals surface area contributed by atoms with Crippen LogP contribution in [-0.4, -0.2) is 45.2 Å². The molecule has 1 atom stereocenters. The second-order valence-electron chi connectivity index (χ2n) is 7.94. The van der Waals surface area contributed by atoms with Gasteiger partial charge in [0.05, 0.1) is 17.9 Å². The number of aryl methyl sites for hydroxylation is 1. The molecule has 34 heavy (non-hydrogen) atoms. The number of alkyl halides is 3. The zero-order valence-corrected chi connectivity index (χ0v) is 19.2. The van der Waals surface area contributed by atoms with Gasteiger partial charge in [-0.15, -0.1) is 11.8 Å². The number of aromatic nitrogens is 1. The molecular weight excluding hydrogens is 469 g/mol. The first kappa shape index (κ1) is 24.2. The van der Waals surface area contributed by atoms with E-state index in [4.69, 9.17) is 9.15 Å². The average molecular weight is 493 g/mol. The number of rotatable bonds is 8. The predicted octanol–water partition coefficient (Wildman–Crippen LogP) is 5.25. The van der Waals surface area contributed by atoms with Gasteiger partial charge >= 0.3 is 12.1 Å². The van der Waals surface area contributed by atoms with Crippen molar-refractivity contribution in [2.24, 2.45) is 0 Å². The van der Waals surface area contributed by atoms with Crippen molar-refractivity contribution >= 4 is 17.7 Å². The molecule has 6 nitrogen and oxygen atoms in total. The fourth-order valence-electron chi connectivity index (χ4n) is 3.64. The highest BCUT2D eigenvalue weighted by Gasteiger charge is 2.31. The molecule has 2 aromatic carbocycles. The van der Waals surface area contributed by atoms with Crippen molar-refractivity contribution in [2.45, 2.75) is 32.1 Å². The minimum absolute atomic E-state index is 0.269. The van der Waals surface area contributed by atoms with E-state index >= 15 is 0 Å². The lowest BCUT2D eigenvalue weighted by Gasteiger charge is -2.20. The summed E-state index contributed by atoms with van der Waals surface area (Å²) in [4.78, 5) is 17.7. The van der Waals surface area contributed by atoms with Crippen molar-refractivity contribution in [1.29, 1.82) is 0 Å². The number of aliphatic carboxylic acids is 1. The van der Waals surface area contributed by atoms with E-state index in [-0.39, 0.29) is 5.89 Å². The number of carboxylic acid groups (broad SMARTS) is 1. The molecule has 4 rings (SSSR count). The van der Waals surface area contributed by atoms with E-state index in [9.17, 15) is 23.1 Å². The summed E-state index contributed by atoms with van der Waals surface area (Å²) in [5.74, 6) is 2.03. The minimum Gasteiger partial charge on any atom is -0.493 e. The Balaban J connectivity index is 1.31. The number of hydrogen-bond donors (Lipinski definition) is 1. The predicted molar refractivity (Wildman–Crippen MR) is 122 cm³/mol. The molecule has 0 aliphatic carbocycles. The van der Waals surface area contributed by atoms with Gasteiger partial charge in [-0.2, -0.15) is 13.2 Å². The molecular formula is C24H23F3N2O4S. The van der Waals surface area contributed by atoms with Crippen LogP contribution in [0.1, 0.15) is 22.6 Å². The third-order valence-electron chi connectivity index (χ3n) is 5.53. The van der Waals surface area contributed by atoms with E-state index in [0.717, 1.165) is 17.7 Å². The standard InChI is InChI=1S/C24H23F3N2O4S/c1-15-20(28-22(33-15)17-4-6-18(7-5-17)24(25,26)27)10-11-32-19-8-2-16(3-9-19)12-29-14-34-13-21(29)23(30)31/h2-9,21H,10-14H2,1H3,(H,30,31). The average Bonchev–Trinajstić information content (AvgIpc) is 3.41.